The zero-order valence-electron chi connectivity index (χ0n) is 12.5. The molecular weight excluding hydrogens is 290 g/mol. The first kappa shape index (κ1) is 14.7. The topological polar surface area (TPSA) is 75.1 Å². The molecule has 0 aliphatic heterocycles. The molecule has 0 aliphatic carbocycles. The molecule has 0 amide bonds. The zero-order chi connectivity index (χ0) is 16.2. The first-order valence-electron chi connectivity index (χ1n) is 7.13. The van der Waals surface area contributed by atoms with Crippen LogP contribution < -0.4 is 5.32 Å². The van der Waals surface area contributed by atoms with Gasteiger partial charge in [-0.2, -0.15) is 0 Å². The van der Waals surface area contributed by atoms with Crippen LogP contribution >= 0.6 is 0 Å². The van der Waals surface area contributed by atoms with Crippen molar-refractivity contribution < 1.29 is 9.90 Å². The third-order valence-corrected chi connectivity index (χ3v) is 3.36. The number of aromatic carboxylic acids is 1. The van der Waals surface area contributed by atoms with Crippen molar-refractivity contribution in [2.45, 2.75) is 6.92 Å². The number of aryl methyl sites for hydroxylation is 1. The third kappa shape index (κ3) is 3.52. The number of hydrogen-bond acceptors (Lipinski definition) is 4. The molecule has 1 aromatic heterocycles. The molecular formula is C18H15N3O2. The molecule has 1 heterocycles. The molecule has 0 radical (unpaired) electrons. The number of anilines is 2. The van der Waals surface area contributed by atoms with Crippen molar-refractivity contribution >= 4 is 17.5 Å². The van der Waals surface area contributed by atoms with Gasteiger partial charge in [0, 0.05) is 11.3 Å². The van der Waals surface area contributed by atoms with Crippen molar-refractivity contribution in [1.29, 1.82) is 0 Å². The Kier molecular flexibility index (Phi) is 4.01. The van der Waals surface area contributed by atoms with Crippen LogP contribution in [0.4, 0.5) is 11.5 Å². The van der Waals surface area contributed by atoms with E-state index in [9.17, 15) is 4.79 Å². The fourth-order valence-electron chi connectivity index (χ4n) is 2.24. The van der Waals surface area contributed by atoms with Crippen LogP contribution in [-0.2, 0) is 0 Å². The van der Waals surface area contributed by atoms with Gasteiger partial charge in [-0.05, 0) is 43.3 Å². The van der Waals surface area contributed by atoms with Crippen molar-refractivity contribution in [3.63, 3.8) is 0 Å². The maximum absolute atomic E-state index is 11.0. The maximum atomic E-state index is 11.0. The Labute approximate surface area is 133 Å². The summed E-state index contributed by atoms with van der Waals surface area (Å²) >= 11 is 0. The van der Waals surface area contributed by atoms with Crippen molar-refractivity contribution in [2.24, 2.45) is 0 Å². The van der Waals surface area contributed by atoms with Gasteiger partial charge >= 0.3 is 5.97 Å². The fraction of sp³-hybridized carbons (Fsp3) is 0.0556. The lowest BCUT2D eigenvalue weighted by Crippen LogP contribution is -1.99. The highest BCUT2D eigenvalue weighted by Gasteiger charge is 2.05. The Balaban J connectivity index is 1.80. The van der Waals surface area contributed by atoms with Gasteiger partial charge in [0.25, 0.3) is 0 Å². The van der Waals surface area contributed by atoms with Crippen LogP contribution in [0.3, 0.4) is 0 Å². The highest BCUT2D eigenvalue weighted by Crippen LogP contribution is 2.20. The standard InChI is InChI=1S/C18H15N3O2/c1-12-4-2-5-13(10-12)16-8-9-17(21-20-16)19-15-7-3-6-14(11-15)18(22)23/h2-11H,1H3,(H,19,21)(H,22,23). The van der Waals surface area contributed by atoms with E-state index < -0.39 is 5.97 Å². The number of nitrogens with zero attached hydrogens (tertiary/aromatic N) is 2. The molecule has 23 heavy (non-hydrogen) atoms. The van der Waals surface area contributed by atoms with Crippen LogP contribution in [0.25, 0.3) is 11.3 Å². The normalized spacial score (nSPS) is 10.3. The van der Waals surface area contributed by atoms with E-state index in [1.165, 1.54) is 0 Å². The number of benzene rings is 2. The van der Waals surface area contributed by atoms with Crippen molar-refractivity contribution in [3.8, 4) is 11.3 Å². The van der Waals surface area contributed by atoms with E-state index in [1.807, 2.05) is 43.3 Å². The summed E-state index contributed by atoms with van der Waals surface area (Å²) in [6.45, 7) is 2.03. The van der Waals surface area contributed by atoms with E-state index in [4.69, 9.17) is 5.11 Å². The minimum absolute atomic E-state index is 0.222. The molecule has 0 atom stereocenters. The quantitative estimate of drug-likeness (QED) is 0.764. The van der Waals surface area contributed by atoms with E-state index in [2.05, 4.69) is 15.5 Å². The molecule has 2 aromatic carbocycles. The molecule has 3 rings (SSSR count). The molecule has 5 heteroatoms. The van der Waals surface area contributed by atoms with Gasteiger partial charge in [-0.3, -0.25) is 0 Å². The highest BCUT2D eigenvalue weighted by atomic mass is 16.4. The lowest BCUT2D eigenvalue weighted by atomic mass is 10.1. The van der Waals surface area contributed by atoms with Crippen LogP contribution in [-0.4, -0.2) is 21.3 Å². The molecule has 0 spiro atoms. The van der Waals surface area contributed by atoms with E-state index in [1.54, 1.807) is 24.3 Å². The van der Waals surface area contributed by atoms with E-state index in [0.717, 1.165) is 16.8 Å². The Morgan fingerprint density at radius 1 is 1.00 bits per heavy atom. The molecule has 0 saturated heterocycles. The maximum Gasteiger partial charge on any atom is 0.335 e. The fourth-order valence-corrected chi connectivity index (χ4v) is 2.24. The van der Waals surface area contributed by atoms with Gasteiger partial charge in [0.2, 0.25) is 0 Å². The molecule has 2 N–H and O–H groups in total. The van der Waals surface area contributed by atoms with Crippen LogP contribution in [0.2, 0.25) is 0 Å². The molecule has 0 unspecified atom stereocenters. The van der Waals surface area contributed by atoms with E-state index >= 15 is 0 Å². The van der Waals surface area contributed by atoms with E-state index in [-0.39, 0.29) is 5.56 Å². The Hall–Kier alpha value is -3.21. The van der Waals surface area contributed by atoms with Crippen LogP contribution in [0.1, 0.15) is 15.9 Å². The van der Waals surface area contributed by atoms with Gasteiger partial charge in [0.05, 0.1) is 11.3 Å². The van der Waals surface area contributed by atoms with Gasteiger partial charge in [0.15, 0.2) is 5.82 Å². The summed E-state index contributed by atoms with van der Waals surface area (Å²) < 4.78 is 0. The Morgan fingerprint density at radius 2 is 1.83 bits per heavy atom. The molecule has 0 bridgehead atoms. The van der Waals surface area contributed by atoms with Crippen molar-refractivity contribution in [2.75, 3.05) is 5.32 Å². The predicted octanol–water partition coefficient (Wildman–Crippen LogP) is 3.89. The first-order valence-corrected chi connectivity index (χ1v) is 7.13. The lowest BCUT2D eigenvalue weighted by Gasteiger charge is -2.07. The van der Waals surface area contributed by atoms with Crippen molar-refractivity contribution in [1.82, 2.24) is 10.2 Å². The number of carboxylic acids is 1. The van der Waals surface area contributed by atoms with E-state index in [0.29, 0.717) is 11.5 Å². The number of aromatic nitrogens is 2. The lowest BCUT2D eigenvalue weighted by molar-refractivity contribution is 0.0697. The summed E-state index contributed by atoms with van der Waals surface area (Å²) in [5.74, 6) is -0.404. The van der Waals surface area contributed by atoms with Gasteiger partial charge in [-0.25, -0.2) is 4.79 Å². The molecule has 0 saturated carbocycles. The number of nitrogens with one attached hydrogen (secondary N) is 1. The SMILES string of the molecule is Cc1cccc(-c2ccc(Nc3cccc(C(=O)O)c3)nn2)c1. The predicted molar refractivity (Wildman–Crippen MR) is 88.9 cm³/mol. The van der Waals surface area contributed by atoms with Gasteiger partial charge < -0.3 is 10.4 Å². The molecule has 0 fully saturated rings. The second kappa shape index (κ2) is 6.27. The number of carbonyl (C=O) groups is 1. The van der Waals surface area contributed by atoms with Crippen LogP contribution in [0, 0.1) is 6.92 Å². The smallest absolute Gasteiger partial charge is 0.335 e. The monoisotopic (exact) mass is 305 g/mol. The third-order valence-electron chi connectivity index (χ3n) is 3.36. The second-order valence-electron chi connectivity index (χ2n) is 5.18. The Morgan fingerprint density at radius 3 is 2.52 bits per heavy atom. The van der Waals surface area contributed by atoms with Gasteiger partial charge in [-0.1, -0.05) is 29.8 Å². The summed E-state index contributed by atoms with van der Waals surface area (Å²) in [6.07, 6.45) is 0. The summed E-state index contributed by atoms with van der Waals surface area (Å²) in [5.41, 5.74) is 3.84. The number of carboxylic acid groups (broad SMARTS) is 1. The zero-order valence-corrected chi connectivity index (χ0v) is 12.5. The van der Waals surface area contributed by atoms with Gasteiger partial charge in [-0.15, -0.1) is 10.2 Å². The highest BCUT2D eigenvalue weighted by molar-refractivity contribution is 5.89. The summed E-state index contributed by atoms with van der Waals surface area (Å²) in [7, 11) is 0. The molecule has 0 aliphatic rings. The largest absolute Gasteiger partial charge is 0.478 e. The molecule has 114 valence electrons. The average Bonchev–Trinajstić information content (AvgIpc) is 2.56. The second-order valence-corrected chi connectivity index (χ2v) is 5.18. The molecule has 3 aromatic rings. The number of rotatable bonds is 4. The molecule has 5 nitrogen and oxygen atoms in total. The Bertz CT molecular complexity index is 845. The average molecular weight is 305 g/mol. The van der Waals surface area contributed by atoms with Crippen LogP contribution in [0.5, 0.6) is 0 Å². The minimum atomic E-state index is -0.963. The number of hydrogen-bond donors (Lipinski definition) is 2. The minimum Gasteiger partial charge on any atom is -0.478 e. The summed E-state index contributed by atoms with van der Waals surface area (Å²) in [6, 6.07) is 18.3. The van der Waals surface area contributed by atoms with Crippen LogP contribution in [0.15, 0.2) is 60.7 Å². The summed E-state index contributed by atoms with van der Waals surface area (Å²) in [4.78, 5) is 11.0. The summed E-state index contributed by atoms with van der Waals surface area (Å²) in [5, 5.41) is 20.4. The van der Waals surface area contributed by atoms with Crippen molar-refractivity contribution in [3.05, 3.63) is 71.8 Å². The van der Waals surface area contributed by atoms with Gasteiger partial charge in [0.1, 0.15) is 0 Å². The first-order chi connectivity index (χ1) is 11.1.